The summed E-state index contributed by atoms with van der Waals surface area (Å²) in [6.07, 6.45) is 4.30. The molecule has 150 valence electrons. The summed E-state index contributed by atoms with van der Waals surface area (Å²) < 4.78 is 7.36. The summed E-state index contributed by atoms with van der Waals surface area (Å²) in [7, 11) is 0. The average molecular weight is 422 g/mol. The Balaban J connectivity index is 1.58. The SMILES string of the molecule is C[C@H](NC(=O)CSc1nc2cc(Cl)ccc2c(=O)n1C[C@H]1CCCO1)C1CC1. The van der Waals surface area contributed by atoms with Crippen LogP contribution in [0.4, 0.5) is 0 Å². The number of hydrogen-bond acceptors (Lipinski definition) is 5. The first-order chi connectivity index (χ1) is 13.5. The van der Waals surface area contributed by atoms with E-state index >= 15 is 0 Å². The van der Waals surface area contributed by atoms with Crippen molar-refractivity contribution in [3.63, 3.8) is 0 Å². The molecule has 2 aromatic rings. The Hall–Kier alpha value is -1.57. The third kappa shape index (κ3) is 4.53. The summed E-state index contributed by atoms with van der Waals surface area (Å²) in [5.41, 5.74) is 0.432. The predicted octanol–water partition coefficient (Wildman–Crippen LogP) is 3.24. The van der Waals surface area contributed by atoms with Crippen LogP contribution >= 0.6 is 23.4 Å². The minimum Gasteiger partial charge on any atom is -0.376 e. The van der Waals surface area contributed by atoms with Gasteiger partial charge >= 0.3 is 0 Å². The molecule has 1 saturated heterocycles. The van der Waals surface area contributed by atoms with Crippen LogP contribution in [0.25, 0.3) is 10.9 Å². The predicted molar refractivity (Wildman–Crippen MR) is 111 cm³/mol. The largest absolute Gasteiger partial charge is 0.376 e. The van der Waals surface area contributed by atoms with Crippen molar-refractivity contribution in [3.8, 4) is 0 Å². The van der Waals surface area contributed by atoms with E-state index in [1.165, 1.54) is 24.6 Å². The van der Waals surface area contributed by atoms with Crippen LogP contribution in [0.3, 0.4) is 0 Å². The van der Waals surface area contributed by atoms with Gasteiger partial charge in [0, 0.05) is 17.7 Å². The van der Waals surface area contributed by atoms with Crippen molar-refractivity contribution in [2.24, 2.45) is 5.92 Å². The van der Waals surface area contributed by atoms with Gasteiger partial charge in [0.25, 0.3) is 5.56 Å². The number of rotatable bonds is 7. The van der Waals surface area contributed by atoms with Gasteiger partial charge in [0.15, 0.2) is 5.16 Å². The van der Waals surface area contributed by atoms with E-state index in [2.05, 4.69) is 10.3 Å². The number of ether oxygens (including phenoxy) is 1. The number of carbonyl (C=O) groups is 1. The summed E-state index contributed by atoms with van der Waals surface area (Å²) >= 11 is 7.37. The molecule has 6 nitrogen and oxygen atoms in total. The highest BCUT2D eigenvalue weighted by Crippen LogP contribution is 2.32. The fourth-order valence-corrected chi connectivity index (χ4v) is 4.56. The highest BCUT2D eigenvalue weighted by Gasteiger charge is 2.29. The molecule has 2 fully saturated rings. The highest BCUT2D eigenvalue weighted by molar-refractivity contribution is 7.99. The summed E-state index contributed by atoms with van der Waals surface area (Å²) in [6, 6.07) is 5.29. The first kappa shape index (κ1) is 19.7. The van der Waals surface area contributed by atoms with E-state index in [1.54, 1.807) is 22.8 Å². The third-order valence-corrected chi connectivity index (χ3v) is 6.55. The first-order valence-electron chi connectivity index (χ1n) is 9.75. The van der Waals surface area contributed by atoms with E-state index < -0.39 is 0 Å². The van der Waals surface area contributed by atoms with Gasteiger partial charge in [-0.1, -0.05) is 23.4 Å². The Morgan fingerprint density at radius 1 is 1.43 bits per heavy atom. The number of benzene rings is 1. The normalized spacial score (nSPS) is 20.4. The van der Waals surface area contributed by atoms with Gasteiger partial charge in [-0.3, -0.25) is 14.2 Å². The highest BCUT2D eigenvalue weighted by atomic mass is 35.5. The monoisotopic (exact) mass is 421 g/mol. The van der Waals surface area contributed by atoms with Gasteiger partial charge in [-0.25, -0.2) is 4.98 Å². The zero-order valence-corrected chi connectivity index (χ0v) is 17.4. The van der Waals surface area contributed by atoms with E-state index in [-0.39, 0.29) is 29.4 Å². The van der Waals surface area contributed by atoms with Gasteiger partial charge in [0.05, 0.1) is 29.3 Å². The molecule has 1 saturated carbocycles. The van der Waals surface area contributed by atoms with Crippen LogP contribution in [0.5, 0.6) is 0 Å². The van der Waals surface area contributed by atoms with Crippen LogP contribution in [0, 0.1) is 5.92 Å². The number of amides is 1. The molecule has 2 heterocycles. The lowest BCUT2D eigenvalue weighted by atomic mass is 10.2. The number of aromatic nitrogens is 2. The molecule has 0 radical (unpaired) electrons. The molecule has 28 heavy (non-hydrogen) atoms. The molecule has 1 N–H and O–H groups in total. The van der Waals surface area contributed by atoms with E-state index in [0.29, 0.717) is 33.5 Å². The molecule has 1 aromatic heterocycles. The van der Waals surface area contributed by atoms with Crippen molar-refractivity contribution < 1.29 is 9.53 Å². The van der Waals surface area contributed by atoms with Crippen LogP contribution in [0.15, 0.2) is 28.2 Å². The van der Waals surface area contributed by atoms with Gasteiger partial charge in [-0.2, -0.15) is 0 Å². The van der Waals surface area contributed by atoms with Gasteiger partial charge in [-0.05, 0) is 56.7 Å². The summed E-state index contributed by atoms with van der Waals surface area (Å²) in [5.74, 6) is 0.794. The minimum atomic E-state index is -0.119. The average Bonchev–Trinajstić information content (AvgIpc) is 3.40. The second-order valence-corrected chi connectivity index (χ2v) is 8.97. The second-order valence-electron chi connectivity index (χ2n) is 7.59. The van der Waals surface area contributed by atoms with Crippen molar-refractivity contribution >= 4 is 40.2 Å². The van der Waals surface area contributed by atoms with E-state index in [9.17, 15) is 9.59 Å². The smallest absolute Gasteiger partial charge is 0.262 e. The Kier molecular flexibility index (Phi) is 5.94. The van der Waals surface area contributed by atoms with E-state index in [1.807, 2.05) is 6.92 Å². The second kappa shape index (κ2) is 8.43. The molecular formula is C20H24ClN3O3S. The van der Waals surface area contributed by atoms with Crippen molar-refractivity contribution in [3.05, 3.63) is 33.6 Å². The van der Waals surface area contributed by atoms with Crippen LogP contribution < -0.4 is 10.9 Å². The van der Waals surface area contributed by atoms with Gasteiger partial charge in [-0.15, -0.1) is 0 Å². The molecule has 2 aliphatic rings. The lowest BCUT2D eigenvalue weighted by Crippen LogP contribution is -2.35. The molecule has 0 unspecified atom stereocenters. The minimum absolute atomic E-state index is 0.00677. The third-order valence-electron chi connectivity index (χ3n) is 5.34. The fourth-order valence-electron chi connectivity index (χ4n) is 3.58. The van der Waals surface area contributed by atoms with E-state index in [0.717, 1.165) is 19.4 Å². The Labute approximate surface area is 173 Å². The Morgan fingerprint density at radius 2 is 2.25 bits per heavy atom. The number of nitrogens with one attached hydrogen (secondary N) is 1. The van der Waals surface area contributed by atoms with Crippen molar-refractivity contribution in [2.75, 3.05) is 12.4 Å². The fraction of sp³-hybridized carbons (Fsp3) is 0.550. The topological polar surface area (TPSA) is 73.2 Å². The van der Waals surface area contributed by atoms with Crippen LogP contribution in [0.2, 0.25) is 5.02 Å². The molecule has 1 aliphatic heterocycles. The maximum Gasteiger partial charge on any atom is 0.262 e. The first-order valence-corrected chi connectivity index (χ1v) is 11.1. The standard InChI is InChI=1S/C20H24ClN3O3S/c1-12(13-4-5-13)22-18(25)11-28-20-23-17-9-14(21)6-7-16(17)19(26)24(20)10-15-3-2-8-27-15/h6-7,9,12-13,15H,2-5,8,10-11H2,1H3,(H,22,25)/t12-,15+/m0/s1. The van der Waals surface area contributed by atoms with Crippen molar-refractivity contribution in [2.45, 2.75) is 56.5 Å². The molecule has 2 atom stereocenters. The zero-order chi connectivity index (χ0) is 19.7. The molecule has 0 bridgehead atoms. The Morgan fingerprint density at radius 3 is 2.96 bits per heavy atom. The molecule has 4 rings (SSSR count). The van der Waals surface area contributed by atoms with E-state index in [4.69, 9.17) is 16.3 Å². The molecule has 0 spiro atoms. The van der Waals surface area contributed by atoms with Crippen LogP contribution in [-0.2, 0) is 16.1 Å². The summed E-state index contributed by atoms with van der Waals surface area (Å²) in [6.45, 7) is 3.22. The van der Waals surface area contributed by atoms with Gasteiger partial charge in [0.1, 0.15) is 0 Å². The molecule has 1 amide bonds. The molecular weight excluding hydrogens is 398 g/mol. The quantitative estimate of drug-likeness (QED) is 0.548. The maximum atomic E-state index is 13.1. The Bertz CT molecular complexity index is 938. The number of thioether (sulfide) groups is 1. The molecule has 8 heteroatoms. The van der Waals surface area contributed by atoms with Gasteiger partial charge < -0.3 is 10.1 Å². The molecule has 1 aromatic carbocycles. The number of fused-ring (bicyclic) bond motifs is 1. The lowest BCUT2D eigenvalue weighted by Gasteiger charge is -2.17. The van der Waals surface area contributed by atoms with Crippen molar-refractivity contribution in [1.82, 2.24) is 14.9 Å². The number of hydrogen-bond donors (Lipinski definition) is 1. The lowest BCUT2D eigenvalue weighted by molar-refractivity contribution is -0.119. The summed E-state index contributed by atoms with van der Waals surface area (Å²) in [4.78, 5) is 30.0. The zero-order valence-electron chi connectivity index (χ0n) is 15.8. The summed E-state index contributed by atoms with van der Waals surface area (Å²) in [5, 5.41) is 4.63. The number of nitrogens with zero attached hydrogens (tertiary/aromatic N) is 2. The van der Waals surface area contributed by atoms with Crippen molar-refractivity contribution in [1.29, 1.82) is 0 Å². The van der Waals surface area contributed by atoms with Gasteiger partial charge in [0.2, 0.25) is 5.91 Å². The van der Waals surface area contributed by atoms with Crippen LogP contribution in [0.1, 0.15) is 32.6 Å². The number of carbonyl (C=O) groups excluding carboxylic acids is 1. The number of halogens is 1. The van der Waals surface area contributed by atoms with Crippen LogP contribution in [-0.4, -0.2) is 40.0 Å². The maximum absolute atomic E-state index is 13.1. The molecule has 1 aliphatic carbocycles.